The normalized spacial score (nSPS) is 19.3. The molecule has 0 spiro atoms. The number of hydrogen-bond donors (Lipinski definition) is 1. The first-order valence-corrected chi connectivity index (χ1v) is 11.7. The van der Waals surface area contributed by atoms with Crippen LogP contribution in [0.2, 0.25) is 0 Å². The maximum atomic E-state index is 12.9. The number of imide groups is 1. The SMILES string of the molecule is CC1=CC[C@@H]2C(=O)N(c3ccc(C(=O)Nc4ccc(Oc5cccc(C)c5)cc4)cc3)C(=O)[C@@H]2C1. The average Bonchev–Trinajstić information content (AvgIpc) is 3.09. The van der Waals surface area contributed by atoms with Crippen LogP contribution in [-0.4, -0.2) is 17.7 Å². The van der Waals surface area contributed by atoms with Crippen LogP contribution in [0.1, 0.15) is 35.7 Å². The third-order valence-electron chi connectivity index (χ3n) is 6.55. The van der Waals surface area contributed by atoms with Crippen molar-refractivity contribution in [3.63, 3.8) is 0 Å². The van der Waals surface area contributed by atoms with Crippen LogP contribution in [-0.2, 0) is 9.59 Å². The minimum absolute atomic E-state index is 0.155. The van der Waals surface area contributed by atoms with Crippen LogP contribution < -0.4 is 15.0 Å². The Morgan fingerprint density at radius 1 is 0.886 bits per heavy atom. The van der Waals surface area contributed by atoms with Gasteiger partial charge in [0.25, 0.3) is 5.91 Å². The molecule has 0 saturated carbocycles. The van der Waals surface area contributed by atoms with Crippen LogP contribution in [0.25, 0.3) is 0 Å². The number of nitrogens with one attached hydrogen (secondary N) is 1. The lowest BCUT2D eigenvalue weighted by atomic mass is 9.82. The van der Waals surface area contributed by atoms with Crippen molar-refractivity contribution in [1.29, 1.82) is 0 Å². The summed E-state index contributed by atoms with van der Waals surface area (Å²) >= 11 is 0. The molecule has 1 aliphatic heterocycles. The van der Waals surface area contributed by atoms with E-state index in [2.05, 4.69) is 5.32 Å². The van der Waals surface area contributed by atoms with E-state index in [9.17, 15) is 14.4 Å². The summed E-state index contributed by atoms with van der Waals surface area (Å²) in [6.07, 6.45) is 3.28. The Kier molecular flexibility index (Phi) is 5.95. The maximum Gasteiger partial charge on any atom is 0.255 e. The Morgan fingerprint density at radius 2 is 1.60 bits per heavy atom. The van der Waals surface area contributed by atoms with E-state index in [4.69, 9.17) is 4.74 Å². The molecule has 1 heterocycles. The van der Waals surface area contributed by atoms with Crippen molar-refractivity contribution >= 4 is 29.1 Å². The van der Waals surface area contributed by atoms with Gasteiger partial charge in [0, 0.05) is 11.3 Å². The van der Waals surface area contributed by atoms with Crippen molar-refractivity contribution in [1.82, 2.24) is 0 Å². The van der Waals surface area contributed by atoms with E-state index in [1.165, 1.54) is 4.90 Å². The zero-order valence-electron chi connectivity index (χ0n) is 19.7. The lowest BCUT2D eigenvalue weighted by Gasteiger charge is -2.18. The number of carbonyl (C=O) groups excluding carboxylic acids is 3. The maximum absolute atomic E-state index is 12.9. The highest BCUT2D eigenvalue weighted by Crippen LogP contribution is 2.39. The highest BCUT2D eigenvalue weighted by molar-refractivity contribution is 6.22. The summed E-state index contributed by atoms with van der Waals surface area (Å²) in [5, 5.41) is 2.86. The summed E-state index contributed by atoms with van der Waals surface area (Å²) in [6, 6.07) is 21.5. The fraction of sp³-hybridized carbons (Fsp3) is 0.207. The second-order valence-corrected chi connectivity index (χ2v) is 9.16. The number of ether oxygens (including phenoxy) is 1. The Bertz CT molecular complexity index is 1330. The number of benzene rings is 3. The Balaban J connectivity index is 1.23. The van der Waals surface area contributed by atoms with E-state index in [0.717, 1.165) is 16.9 Å². The van der Waals surface area contributed by atoms with E-state index in [-0.39, 0.29) is 29.6 Å². The van der Waals surface area contributed by atoms with Gasteiger partial charge in [-0.1, -0.05) is 23.8 Å². The van der Waals surface area contributed by atoms with Gasteiger partial charge in [0.15, 0.2) is 0 Å². The number of rotatable bonds is 5. The number of fused-ring (bicyclic) bond motifs is 1. The van der Waals surface area contributed by atoms with Gasteiger partial charge in [-0.05, 0) is 92.9 Å². The Morgan fingerprint density at radius 3 is 2.31 bits per heavy atom. The third-order valence-corrected chi connectivity index (χ3v) is 6.55. The van der Waals surface area contributed by atoms with Gasteiger partial charge in [-0.25, -0.2) is 0 Å². The minimum Gasteiger partial charge on any atom is -0.457 e. The Hall–Kier alpha value is -4.19. The van der Waals surface area contributed by atoms with E-state index >= 15 is 0 Å². The van der Waals surface area contributed by atoms with Crippen LogP contribution in [0, 0.1) is 18.8 Å². The number of nitrogens with zero attached hydrogens (tertiary/aromatic N) is 1. The predicted octanol–water partition coefficient (Wildman–Crippen LogP) is 5.89. The van der Waals surface area contributed by atoms with E-state index in [0.29, 0.717) is 35.5 Å². The highest BCUT2D eigenvalue weighted by Gasteiger charge is 2.48. The van der Waals surface area contributed by atoms with Crippen molar-refractivity contribution in [3.8, 4) is 11.5 Å². The molecule has 3 aromatic carbocycles. The summed E-state index contributed by atoms with van der Waals surface area (Å²) in [4.78, 5) is 39.8. The topological polar surface area (TPSA) is 75.7 Å². The minimum atomic E-state index is -0.285. The quantitative estimate of drug-likeness (QED) is 0.376. The molecule has 1 aliphatic carbocycles. The smallest absolute Gasteiger partial charge is 0.255 e. The monoisotopic (exact) mass is 466 g/mol. The van der Waals surface area contributed by atoms with Gasteiger partial charge in [-0.2, -0.15) is 0 Å². The summed E-state index contributed by atoms with van der Waals surface area (Å²) in [5.74, 6) is 0.259. The van der Waals surface area contributed by atoms with Gasteiger partial charge >= 0.3 is 0 Å². The van der Waals surface area contributed by atoms with E-state index < -0.39 is 0 Å². The molecule has 176 valence electrons. The first kappa shape index (κ1) is 22.6. The fourth-order valence-electron chi connectivity index (χ4n) is 4.68. The molecule has 2 aliphatic rings. The van der Waals surface area contributed by atoms with Crippen LogP contribution in [0.5, 0.6) is 11.5 Å². The van der Waals surface area contributed by atoms with Gasteiger partial charge in [-0.3, -0.25) is 19.3 Å². The molecule has 5 rings (SSSR count). The van der Waals surface area contributed by atoms with Crippen LogP contribution in [0.15, 0.2) is 84.4 Å². The molecule has 0 aromatic heterocycles. The summed E-state index contributed by atoms with van der Waals surface area (Å²) in [6.45, 7) is 4.00. The molecule has 3 amide bonds. The van der Waals surface area contributed by atoms with Crippen molar-refractivity contribution in [2.45, 2.75) is 26.7 Å². The molecule has 6 heteroatoms. The van der Waals surface area contributed by atoms with Gasteiger partial charge in [-0.15, -0.1) is 0 Å². The van der Waals surface area contributed by atoms with Crippen molar-refractivity contribution in [2.75, 3.05) is 10.2 Å². The largest absolute Gasteiger partial charge is 0.457 e. The van der Waals surface area contributed by atoms with Gasteiger partial charge < -0.3 is 10.1 Å². The highest BCUT2D eigenvalue weighted by atomic mass is 16.5. The molecule has 6 nitrogen and oxygen atoms in total. The van der Waals surface area contributed by atoms with Gasteiger partial charge in [0.1, 0.15) is 11.5 Å². The number of hydrogen-bond acceptors (Lipinski definition) is 4. The first-order chi connectivity index (χ1) is 16.9. The van der Waals surface area contributed by atoms with Crippen molar-refractivity contribution < 1.29 is 19.1 Å². The molecule has 0 unspecified atom stereocenters. The second-order valence-electron chi connectivity index (χ2n) is 9.16. The zero-order chi connectivity index (χ0) is 24.5. The standard InChI is InChI=1S/C29H26N2O4/c1-18-4-3-5-24(16-18)35-23-13-9-21(10-14-23)30-27(32)20-7-11-22(12-8-20)31-28(33)25-15-6-19(2)17-26(25)29(31)34/h3-14,16,25-26H,15,17H2,1-2H3,(H,30,32)/t25-,26+/m0/s1. The van der Waals surface area contributed by atoms with E-state index in [1.54, 1.807) is 48.5 Å². The Labute approximate surface area is 204 Å². The van der Waals surface area contributed by atoms with E-state index in [1.807, 2.05) is 44.2 Å². The van der Waals surface area contributed by atoms with Crippen LogP contribution >= 0.6 is 0 Å². The molecule has 1 N–H and O–H groups in total. The average molecular weight is 467 g/mol. The fourth-order valence-corrected chi connectivity index (χ4v) is 4.68. The lowest BCUT2D eigenvalue weighted by molar-refractivity contribution is -0.122. The van der Waals surface area contributed by atoms with Crippen LogP contribution in [0.4, 0.5) is 11.4 Å². The predicted molar refractivity (Wildman–Crippen MR) is 135 cm³/mol. The number of carbonyl (C=O) groups is 3. The molecular weight excluding hydrogens is 440 g/mol. The number of amides is 3. The third kappa shape index (κ3) is 4.60. The molecule has 35 heavy (non-hydrogen) atoms. The molecule has 1 fully saturated rings. The molecule has 2 atom stereocenters. The zero-order valence-corrected chi connectivity index (χ0v) is 19.7. The first-order valence-electron chi connectivity index (χ1n) is 11.7. The number of allylic oxidation sites excluding steroid dienone is 2. The molecule has 0 bridgehead atoms. The molecule has 1 saturated heterocycles. The van der Waals surface area contributed by atoms with Gasteiger partial charge in [0.2, 0.25) is 11.8 Å². The summed E-state index contributed by atoms with van der Waals surface area (Å²) in [7, 11) is 0. The molecule has 3 aromatic rings. The van der Waals surface area contributed by atoms with Crippen molar-refractivity contribution in [2.24, 2.45) is 11.8 Å². The summed E-state index contributed by atoms with van der Waals surface area (Å²) in [5.41, 5.74) is 3.83. The molecule has 0 radical (unpaired) electrons. The van der Waals surface area contributed by atoms with Crippen molar-refractivity contribution in [3.05, 3.63) is 95.6 Å². The summed E-state index contributed by atoms with van der Waals surface area (Å²) < 4.78 is 5.85. The van der Waals surface area contributed by atoms with Crippen LogP contribution in [0.3, 0.4) is 0 Å². The molecular formula is C29H26N2O4. The van der Waals surface area contributed by atoms with Gasteiger partial charge in [0.05, 0.1) is 17.5 Å². The second kappa shape index (κ2) is 9.22. The number of anilines is 2. The lowest BCUT2D eigenvalue weighted by Crippen LogP contribution is -2.30. The number of aryl methyl sites for hydroxylation is 1.